The lowest BCUT2D eigenvalue weighted by molar-refractivity contribution is -0.113. The first-order chi connectivity index (χ1) is 13.6. The van der Waals surface area contributed by atoms with Crippen molar-refractivity contribution < 1.29 is 9.32 Å². The SMILES string of the molecule is CCC(c1nnc(SCC(=O)Nc2ccon2)n1Cc1ccccc1)N(C)C. The van der Waals surface area contributed by atoms with Crippen molar-refractivity contribution in [1.82, 2.24) is 24.8 Å². The quantitative estimate of drug-likeness (QED) is 0.552. The van der Waals surface area contributed by atoms with Gasteiger partial charge in [-0.05, 0) is 26.1 Å². The van der Waals surface area contributed by atoms with E-state index in [0.29, 0.717) is 12.4 Å². The molecule has 148 valence electrons. The predicted molar refractivity (Wildman–Crippen MR) is 108 cm³/mol. The molecule has 1 aromatic carbocycles. The first-order valence-electron chi connectivity index (χ1n) is 9.05. The molecule has 0 saturated heterocycles. The van der Waals surface area contributed by atoms with Gasteiger partial charge in [0.15, 0.2) is 16.8 Å². The number of hydrogen-bond donors (Lipinski definition) is 1. The molecule has 0 fully saturated rings. The third-order valence-electron chi connectivity index (χ3n) is 4.27. The van der Waals surface area contributed by atoms with Crippen LogP contribution in [0, 0.1) is 0 Å². The number of nitrogens with zero attached hydrogens (tertiary/aromatic N) is 5. The van der Waals surface area contributed by atoms with E-state index in [4.69, 9.17) is 4.52 Å². The summed E-state index contributed by atoms with van der Waals surface area (Å²) in [7, 11) is 4.07. The molecule has 28 heavy (non-hydrogen) atoms. The van der Waals surface area contributed by atoms with E-state index in [1.807, 2.05) is 32.3 Å². The number of benzene rings is 1. The average molecular weight is 401 g/mol. The van der Waals surface area contributed by atoms with Gasteiger partial charge in [-0.1, -0.05) is 54.2 Å². The third kappa shape index (κ3) is 4.99. The Morgan fingerprint density at radius 1 is 1.25 bits per heavy atom. The maximum Gasteiger partial charge on any atom is 0.236 e. The summed E-state index contributed by atoms with van der Waals surface area (Å²) in [6.07, 6.45) is 2.33. The second kappa shape index (κ2) is 9.52. The van der Waals surface area contributed by atoms with Gasteiger partial charge in [-0.3, -0.25) is 9.69 Å². The van der Waals surface area contributed by atoms with Gasteiger partial charge in [-0.2, -0.15) is 0 Å². The third-order valence-corrected chi connectivity index (χ3v) is 5.24. The molecular weight excluding hydrogens is 376 g/mol. The number of anilines is 1. The highest BCUT2D eigenvalue weighted by Gasteiger charge is 2.22. The van der Waals surface area contributed by atoms with Crippen molar-refractivity contribution in [2.75, 3.05) is 25.2 Å². The molecule has 0 spiro atoms. The maximum atomic E-state index is 12.2. The molecule has 2 heterocycles. The minimum absolute atomic E-state index is 0.148. The van der Waals surface area contributed by atoms with Crippen LogP contribution in [-0.4, -0.2) is 50.6 Å². The van der Waals surface area contributed by atoms with Crippen molar-refractivity contribution in [3.8, 4) is 0 Å². The van der Waals surface area contributed by atoms with Crippen molar-refractivity contribution in [3.05, 3.63) is 54.0 Å². The number of aromatic nitrogens is 4. The smallest absolute Gasteiger partial charge is 0.236 e. The molecule has 0 aliphatic heterocycles. The lowest BCUT2D eigenvalue weighted by atomic mass is 10.2. The summed E-state index contributed by atoms with van der Waals surface area (Å²) >= 11 is 1.36. The summed E-state index contributed by atoms with van der Waals surface area (Å²) in [5.74, 6) is 1.33. The van der Waals surface area contributed by atoms with Crippen molar-refractivity contribution in [2.24, 2.45) is 0 Å². The number of amides is 1. The molecule has 0 aliphatic rings. The fourth-order valence-corrected chi connectivity index (χ4v) is 3.68. The standard InChI is InChI=1S/C19H24N6O2S/c1-4-15(24(2)3)18-21-22-19(25(18)12-14-8-6-5-7-9-14)28-13-17(26)20-16-10-11-27-23-16/h5-11,15H,4,12-13H2,1-3H3,(H,20,23,26). The number of carbonyl (C=O) groups is 1. The van der Waals surface area contributed by atoms with Crippen molar-refractivity contribution >= 4 is 23.5 Å². The first-order valence-corrected chi connectivity index (χ1v) is 10.0. The Balaban J connectivity index is 1.79. The Hall–Kier alpha value is -2.65. The van der Waals surface area contributed by atoms with Gasteiger partial charge in [0.25, 0.3) is 0 Å². The minimum Gasteiger partial charge on any atom is -0.363 e. The molecule has 0 bridgehead atoms. The van der Waals surface area contributed by atoms with Crippen molar-refractivity contribution in [2.45, 2.75) is 31.1 Å². The average Bonchev–Trinajstić information content (AvgIpc) is 3.32. The van der Waals surface area contributed by atoms with Crippen LogP contribution in [0.4, 0.5) is 5.82 Å². The fourth-order valence-electron chi connectivity index (χ4n) is 2.93. The summed E-state index contributed by atoms with van der Waals surface area (Å²) in [5.41, 5.74) is 1.16. The monoisotopic (exact) mass is 400 g/mol. The molecule has 0 saturated carbocycles. The van der Waals surface area contributed by atoms with Gasteiger partial charge in [0.2, 0.25) is 5.91 Å². The van der Waals surface area contributed by atoms with E-state index in [-0.39, 0.29) is 17.7 Å². The van der Waals surface area contributed by atoms with E-state index in [1.165, 1.54) is 18.0 Å². The number of thioether (sulfide) groups is 1. The second-order valence-corrected chi connectivity index (χ2v) is 7.46. The van der Waals surface area contributed by atoms with Gasteiger partial charge in [0, 0.05) is 6.07 Å². The molecule has 3 rings (SSSR count). The number of rotatable bonds is 9. The zero-order valence-electron chi connectivity index (χ0n) is 16.2. The number of nitrogens with one attached hydrogen (secondary N) is 1. The molecule has 1 atom stereocenters. The van der Waals surface area contributed by atoms with Crippen LogP contribution in [0.25, 0.3) is 0 Å². The molecule has 3 aromatic rings. The van der Waals surface area contributed by atoms with Crippen molar-refractivity contribution in [3.63, 3.8) is 0 Å². The van der Waals surface area contributed by atoms with E-state index >= 15 is 0 Å². The lowest BCUT2D eigenvalue weighted by Crippen LogP contribution is -2.23. The van der Waals surface area contributed by atoms with Crippen LogP contribution in [0.3, 0.4) is 0 Å². The largest absolute Gasteiger partial charge is 0.363 e. The van der Waals surface area contributed by atoms with Gasteiger partial charge in [0.05, 0.1) is 18.3 Å². The lowest BCUT2D eigenvalue weighted by Gasteiger charge is -2.23. The van der Waals surface area contributed by atoms with Gasteiger partial charge >= 0.3 is 0 Å². The summed E-state index contributed by atoms with van der Waals surface area (Å²) in [6, 6.07) is 11.9. The fraction of sp³-hybridized carbons (Fsp3) is 0.368. The Morgan fingerprint density at radius 3 is 2.68 bits per heavy atom. The van der Waals surface area contributed by atoms with Crippen LogP contribution < -0.4 is 5.32 Å². The number of hydrogen-bond acceptors (Lipinski definition) is 7. The Morgan fingerprint density at radius 2 is 2.04 bits per heavy atom. The maximum absolute atomic E-state index is 12.2. The molecule has 1 N–H and O–H groups in total. The highest BCUT2D eigenvalue weighted by atomic mass is 32.2. The minimum atomic E-state index is -0.172. The molecule has 1 amide bonds. The van der Waals surface area contributed by atoms with Crippen LogP contribution in [-0.2, 0) is 11.3 Å². The Kier molecular flexibility index (Phi) is 6.83. The zero-order valence-corrected chi connectivity index (χ0v) is 17.0. The Bertz CT molecular complexity index is 879. The molecule has 8 nitrogen and oxygen atoms in total. The Labute approximate surface area is 168 Å². The van der Waals surface area contributed by atoms with E-state index in [1.54, 1.807) is 6.07 Å². The highest BCUT2D eigenvalue weighted by Crippen LogP contribution is 2.26. The van der Waals surface area contributed by atoms with Gasteiger partial charge in [-0.25, -0.2) is 0 Å². The van der Waals surface area contributed by atoms with E-state index in [0.717, 1.165) is 23.0 Å². The predicted octanol–water partition coefficient (Wildman–Crippen LogP) is 3.06. The molecule has 0 aliphatic carbocycles. The first kappa shape index (κ1) is 20.1. The molecule has 9 heteroatoms. The summed E-state index contributed by atoms with van der Waals surface area (Å²) in [4.78, 5) is 14.3. The topological polar surface area (TPSA) is 89.1 Å². The highest BCUT2D eigenvalue weighted by molar-refractivity contribution is 7.99. The van der Waals surface area contributed by atoms with Crippen LogP contribution >= 0.6 is 11.8 Å². The summed E-state index contributed by atoms with van der Waals surface area (Å²) in [5, 5.41) is 15.9. The molecule has 2 aromatic heterocycles. The summed E-state index contributed by atoms with van der Waals surface area (Å²) in [6.45, 7) is 2.78. The van der Waals surface area contributed by atoms with Crippen LogP contribution in [0.1, 0.15) is 30.8 Å². The van der Waals surface area contributed by atoms with Crippen LogP contribution in [0.15, 0.2) is 52.3 Å². The molecule has 1 unspecified atom stereocenters. The van der Waals surface area contributed by atoms with E-state index in [2.05, 4.69) is 49.2 Å². The van der Waals surface area contributed by atoms with Gasteiger partial charge < -0.3 is 14.4 Å². The van der Waals surface area contributed by atoms with E-state index in [9.17, 15) is 4.79 Å². The molecular formula is C19H24N6O2S. The molecule has 0 radical (unpaired) electrons. The van der Waals surface area contributed by atoms with Gasteiger partial charge in [-0.15, -0.1) is 10.2 Å². The van der Waals surface area contributed by atoms with Crippen LogP contribution in [0.5, 0.6) is 0 Å². The van der Waals surface area contributed by atoms with Crippen LogP contribution in [0.2, 0.25) is 0 Å². The zero-order chi connectivity index (χ0) is 19.9. The summed E-state index contributed by atoms with van der Waals surface area (Å²) < 4.78 is 6.82. The van der Waals surface area contributed by atoms with E-state index < -0.39 is 0 Å². The van der Waals surface area contributed by atoms with Crippen molar-refractivity contribution in [1.29, 1.82) is 0 Å². The normalized spacial score (nSPS) is 12.3. The van der Waals surface area contributed by atoms with Gasteiger partial charge in [0.1, 0.15) is 6.26 Å². The number of carbonyl (C=O) groups excluding carboxylic acids is 1. The second-order valence-electron chi connectivity index (χ2n) is 6.52.